The van der Waals surface area contributed by atoms with Gasteiger partial charge in [0.1, 0.15) is 0 Å². The van der Waals surface area contributed by atoms with Crippen molar-refractivity contribution in [1.29, 1.82) is 0 Å². The summed E-state index contributed by atoms with van der Waals surface area (Å²) in [5.41, 5.74) is -4.96. The van der Waals surface area contributed by atoms with Crippen molar-refractivity contribution in [3.63, 3.8) is 0 Å². The van der Waals surface area contributed by atoms with Crippen LogP contribution in [-0.2, 0) is 17.8 Å². The van der Waals surface area contributed by atoms with E-state index < -0.39 is 48.0 Å². The average Bonchev–Trinajstić information content (AvgIpc) is 2.70. The van der Waals surface area contributed by atoms with Crippen LogP contribution in [0.4, 0.5) is 26.3 Å². The second-order valence-electron chi connectivity index (χ2n) is 9.57. The van der Waals surface area contributed by atoms with Gasteiger partial charge < -0.3 is 0 Å². The lowest BCUT2D eigenvalue weighted by Gasteiger charge is -2.25. The molecular formula is C26H29F6O2P. The van der Waals surface area contributed by atoms with Gasteiger partial charge in [0.25, 0.3) is 0 Å². The Bertz CT molecular complexity index is 1060. The van der Waals surface area contributed by atoms with Crippen LogP contribution in [0.1, 0.15) is 89.1 Å². The average molecular weight is 518 g/mol. The van der Waals surface area contributed by atoms with Gasteiger partial charge in [-0.15, -0.1) is 0 Å². The highest BCUT2D eigenvalue weighted by molar-refractivity contribution is 7.90. The van der Waals surface area contributed by atoms with Crippen molar-refractivity contribution in [2.75, 3.05) is 6.16 Å². The smallest absolute Gasteiger partial charge is 0.289 e. The number of carbonyl (C=O) groups is 2. The number of unbranched alkanes of at least 4 members (excludes halogenated alkanes) is 1. The first-order chi connectivity index (χ1) is 15.9. The maximum atomic E-state index is 13.7. The van der Waals surface area contributed by atoms with Crippen LogP contribution < -0.4 is 0 Å². The SMILES string of the molecule is CCCCP(C(=O)c1c(C)cc(C(C)(C)C)cc1C)C(=O)c1c(C(F)(F)F)cccc1C(F)(F)F. The predicted octanol–water partition coefficient (Wildman–Crippen LogP) is 8.90. The van der Waals surface area contributed by atoms with Crippen LogP contribution in [0.15, 0.2) is 30.3 Å². The van der Waals surface area contributed by atoms with Gasteiger partial charge in [0.15, 0.2) is 11.0 Å². The van der Waals surface area contributed by atoms with E-state index in [0.717, 1.165) is 5.56 Å². The topological polar surface area (TPSA) is 34.1 Å². The van der Waals surface area contributed by atoms with E-state index >= 15 is 0 Å². The Kier molecular flexibility index (Phi) is 8.64. The minimum absolute atomic E-state index is 0.0904. The van der Waals surface area contributed by atoms with Crippen molar-refractivity contribution in [1.82, 2.24) is 0 Å². The summed E-state index contributed by atoms with van der Waals surface area (Å²) in [5.74, 6) is 0. The molecule has 0 fully saturated rings. The third-order valence-electron chi connectivity index (χ3n) is 5.73. The number of benzene rings is 2. The number of halogens is 6. The zero-order valence-corrected chi connectivity index (χ0v) is 21.4. The number of carbonyl (C=O) groups excluding carboxylic acids is 2. The Labute approximate surface area is 202 Å². The summed E-state index contributed by atoms with van der Waals surface area (Å²) in [6, 6.07) is 5.09. The van der Waals surface area contributed by atoms with Crippen molar-refractivity contribution >= 4 is 19.0 Å². The van der Waals surface area contributed by atoms with Gasteiger partial charge in [-0.2, -0.15) is 26.3 Å². The second kappa shape index (κ2) is 10.4. The Balaban J connectivity index is 2.74. The van der Waals surface area contributed by atoms with Crippen LogP contribution in [0.3, 0.4) is 0 Å². The molecule has 9 heteroatoms. The van der Waals surface area contributed by atoms with E-state index in [0.29, 0.717) is 42.2 Å². The lowest BCUT2D eigenvalue weighted by atomic mass is 9.84. The molecule has 2 aromatic carbocycles. The van der Waals surface area contributed by atoms with Crippen molar-refractivity contribution in [2.45, 2.75) is 72.2 Å². The van der Waals surface area contributed by atoms with Gasteiger partial charge >= 0.3 is 12.4 Å². The normalized spacial score (nSPS) is 13.6. The molecule has 2 aromatic rings. The van der Waals surface area contributed by atoms with Crippen LogP contribution >= 0.6 is 7.92 Å². The first-order valence-electron chi connectivity index (χ1n) is 11.2. The third kappa shape index (κ3) is 6.52. The minimum Gasteiger partial charge on any atom is -0.289 e. The first kappa shape index (κ1) is 29.0. The molecule has 2 rings (SSSR count). The maximum Gasteiger partial charge on any atom is 0.417 e. The van der Waals surface area contributed by atoms with E-state index in [9.17, 15) is 35.9 Å². The lowest BCUT2D eigenvalue weighted by Crippen LogP contribution is -2.22. The van der Waals surface area contributed by atoms with Gasteiger partial charge in [-0.3, -0.25) is 9.59 Å². The molecule has 0 saturated carbocycles. The summed E-state index contributed by atoms with van der Waals surface area (Å²) < 4.78 is 82.2. The molecule has 0 aliphatic heterocycles. The predicted molar refractivity (Wildman–Crippen MR) is 126 cm³/mol. The Morgan fingerprint density at radius 1 is 0.800 bits per heavy atom. The van der Waals surface area contributed by atoms with Gasteiger partial charge in [0.05, 0.1) is 11.1 Å². The fourth-order valence-corrected chi connectivity index (χ4v) is 6.23. The van der Waals surface area contributed by atoms with Gasteiger partial charge in [0, 0.05) is 19.0 Å². The highest BCUT2D eigenvalue weighted by atomic mass is 31.1. The van der Waals surface area contributed by atoms with Crippen molar-refractivity contribution < 1.29 is 35.9 Å². The molecule has 0 aromatic heterocycles. The van der Waals surface area contributed by atoms with Crippen LogP contribution in [0.2, 0.25) is 0 Å². The zero-order valence-electron chi connectivity index (χ0n) is 20.5. The standard InChI is InChI=1S/C26H29F6O2P/c1-7-8-12-35(22(33)20-15(2)13-17(14-16(20)3)24(4,5)6)23(34)21-18(25(27,28)29)10-9-11-19(21)26(30,31)32/h9-11,13-14H,7-8,12H2,1-6H3. The highest BCUT2D eigenvalue weighted by Crippen LogP contribution is 2.50. The van der Waals surface area contributed by atoms with Crippen LogP contribution in [0.5, 0.6) is 0 Å². The Hall–Kier alpha value is -2.21. The molecule has 0 aliphatic rings. The number of hydrogen-bond acceptors (Lipinski definition) is 2. The number of hydrogen-bond donors (Lipinski definition) is 0. The number of alkyl halides is 6. The molecule has 1 atom stereocenters. The zero-order chi connectivity index (χ0) is 26.9. The molecule has 0 spiro atoms. The van der Waals surface area contributed by atoms with Gasteiger partial charge in [-0.05, 0) is 60.7 Å². The van der Waals surface area contributed by atoms with Crippen LogP contribution in [0.25, 0.3) is 0 Å². The summed E-state index contributed by atoms with van der Waals surface area (Å²) in [4.78, 5) is 27.1. The molecule has 0 N–H and O–H groups in total. The molecule has 2 nitrogen and oxygen atoms in total. The van der Waals surface area contributed by atoms with E-state index in [2.05, 4.69) is 0 Å². The summed E-state index contributed by atoms with van der Waals surface area (Å²) >= 11 is 0. The molecule has 0 radical (unpaired) electrons. The van der Waals surface area contributed by atoms with Crippen LogP contribution in [-0.4, -0.2) is 17.2 Å². The summed E-state index contributed by atoms with van der Waals surface area (Å²) in [6.45, 7) is 11.0. The van der Waals surface area contributed by atoms with E-state index in [4.69, 9.17) is 0 Å². The van der Waals surface area contributed by atoms with E-state index in [1.165, 1.54) is 0 Å². The quantitative estimate of drug-likeness (QED) is 0.271. The molecular weight excluding hydrogens is 489 g/mol. The third-order valence-corrected chi connectivity index (χ3v) is 7.92. The van der Waals surface area contributed by atoms with E-state index in [1.54, 1.807) is 32.9 Å². The minimum atomic E-state index is -5.19. The Morgan fingerprint density at radius 3 is 1.60 bits per heavy atom. The molecule has 0 saturated heterocycles. The van der Waals surface area contributed by atoms with Crippen molar-refractivity contribution in [3.05, 3.63) is 69.3 Å². The van der Waals surface area contributed by atoms with Gasteiger partial charge in [-0.1, -0.05) is 52.3 Å². The van der Waals surface area contributed by atoms with Crippen molar-refractivity contribution in [3.8, 4) is 0 Å². The fourth-order valence-electron chi connectivity index (χ4n) is 3.87. The summed E-state index contributed by atoms with van der Waals surface area (Å²) in [6.07, 6.45) is -9.64. The number of rotatable bonds is 7. The molecule has 192 valence electrons. The molecule has 35 heavy (non-hydrogen) atoms. The maximum absolute atomic E-state index is 13.7. The molecule has 0 bridgehead atoms. The fraction of sp³-hybridized carbons (Fsp3) is 0.462. The summed E-state index contributed by atoms with van der Waals surface area (Å²) in [7, 11) is -2.52. The number of aryl methyl sites for hydroxylation is 2. The molecule has 1 unspecified atom stereocenters. The van der Waals surface area contributed by atoms with Crippen LogP contribution in [0, 0.1) is 13.8 Å². The van der Waals surface area contributed by atoms with Gasteiger partial charge in [-0.25, -0.2) is 0 Å². The molecule has 0 aliphatic carbocycles. The van der Waals surface area contributed by atoms with E-state index in [-0.39, 0.29) is 17.1 Å². The highest BCUT2D eigenvalue weighted by Gasteiger charge is 2.45. The molecule has 0 amide bonds. The Morgan fingerprint density at radius 2 is 1.23 bits per heavy atom. The second-order valence-corrected chi connectivity index (χ2v) is 11.7. The monoisotopic (exact) mass is 518 g/mol. The molecule has 0 heterocycles. The summed E-state index contributed by atoms with van der Waals surface area (Å²) in [5, 5.41) is 0. The van der Waals surface area contributed by atoms with Gasteiger partial charge in [0.2, 0.25) is 0 Å². The first-order valence-corrected chi connectivity index (χ1v) is 12.7. The largest absolute Gasteiger partial charge is 0.417 e. The lowest BCUT2D eigenvalue weighted by molar-refractivity contribution is -0.143. The van der Waals surface area contributed by atoms with Crippen molar-refractivity contribution in [2.24, 2.45) is 0 Å². The van der Waals surface area contributed by atoms with E-state index in [1.807, 2.05) is 20.8 Å².